The Bertz CT molecular complexity index is 144. The maximum Gasteiger partial charge on any atom is 0.280 e. The lowest BCUT2D eigenvalue weighted by Gasteiger charge is -1.81. The van der Waals surface area contributed by atoms with Gasteiger partial charge >= 0.3 is 0 Å². The molecule has 0 aromatic rings. The quantitative estimate of drug-likeness (QED) is 0.348. The molecule has 1 rings (SSSR count). The molecule has 1 aliphatic rings. The molecule has 2 N–H and O–H groups in total. The van der Waals surface area contributed by atoms with Crippen LogP contribution < -0.4 is 5.32 Å². The zero-order valence-corrected chi connectivity index (χ0v) is 4.73. The van der Waals surface area contributed by atoms with Crippen molar-refractivity contribution < 1.29 is 10.0 Å². The fraction of sp³-hybridized carbons (Fsp3) is 0.333. The molecule has 0 aromatic carbocycles. The summed E-state index contributed by atoms with van der Waals surface area (Å²) in [6.07, 6.45) is 0. The summed E-state index contributed by atoms with van der Waals surface area (Å²) in [6, 6.07) is 0. The van der Waals surface area contributed by atoms with E-state index in [0.29, 0.717) is 5.88 Å². The predicted molar refractivity (Wildman–Crippen MR) is 29.8 cm³/mol. The molecule has 1 saturated heterocycles. The van der Waals surface area contributed by atoms with E-state index in [1.807, 2.05) is 0 Å². The van der Waals surface area contributed by atoms with Gasteiger partial charge in [0.15, 0.2) is 0 Å². The molecule has 0 spiro atoms. The molecule has 1 heterocycles. The van der Waals surface area contributed by atoms with Crippen LogP contribution in [0.5, 0.6) is 0 Å². The SMILES string of the molecule is O=C1NCS/C1=N/O. The van der Waals surface area contributed by atoms with E-state index in [4.69, 9.17) is 5.21 Å². The first-order valence-corrected chi connectivity index (χ1v) is 2.96. The monoisotopic (exact) mass is 132 g/mol. The zero-order chi connectivity index (χ0) is 5.98. The van der Waals surface area contributed by atoms with E-state index in [-0.39, 0.29) is 11.0 Å². The van der Waals surface area contributed by atoms with Gasteiger partial charge in [-0.05, 0) is 0 Å². The summed E-state index contributed by atoms with van der Waals surface area (Å²) in [7, 11) is 0. The number of hydrogen-bond acceptors (Lipinski definition) is 4. The molecule has 0 atom stereocenters. The van der Waals surface area contributed by atoms with E-state index in [1.165, 1.54) is 11.8 Å². The Morgan fingerprint density at radius 2 is 2.62 bits per heavy atom. The molecular weight excluding hydrogens is 128 g/mol. The van der Waals surface area contributed by atoms with Crippen LogP contribution in [0.3, 0.4) is 0 Å². The Balaban J connectivity index is 2.69. The first kappa shape index (κ1) is 5.43. The molecule has 5 heteroatoms. The fourth-order valence-corrected chi connectivity index (χ4v) is 0.986. The lowest BCUT2D eigenvalue weighted by molar-refractivity contribution is -0.114. The summed E-state index contributed by atoms with van der Waals surface area (Å²) < 4.78 is 0. The minimum absolute atomic E-state index is 0.144. The summed E-state index contributed by atoms with van der Waals surface area (Å²) in [5, 5.41) is 13.4. The number of carbonyl (C=O) groups excluding carboxylic acids is 1. The highest BCUT2D eigenvalue weighted by Crippen LogP contribution is 2.07. The van der Waals surface area contributed by atoms with Crippen molar-refractivity contribution in [2.45, 2.75) is 0 Å². The average molecular weight is 132 g/mol. The Kier molecular flexibility index (Phi) is 1.38. The number of nitrogens with zero attached hydrogens (tertiary/aromatic N) is 1. The standard InChI is InChI=1S/C3H4N2O2S/c6-2-3(5-7)8-1-4-2/h7H,1H2,(H,4,6)/b5-3+. The van der Waals surface area contributed by atoms with Crippen LogP contribution in [0.4, 0.5) is 0 Å². The van der Waals surface area contributed by atoms with Crippen molar-refractivity contribution in [1.29, 1.82) is 0 Å². The number of hydrogen-bond donors (Lipinski definition) is 2. The van der Waals surface area contributed by atoms with Gasteiger partial charge in [0, 0.05) is 0 Å². The van der Waals surface area contributed by atoms with E-state index >= 15 is 0 Å². The van der Waals surface area contributed by atoms with Crippen molar-refractivity contribution in [3.05, 3.63) is 0 Å². The Hall–Kier alpha value is -0.710. The van der Waals surface area contributed by atoms with Crippen LogP contribution in [-0.2, 0) is 4.79 Å². The molecule has 0 aromatic heterocycles. The van der Waals surface area contributed by atoms with Crippen molar-refractivity contribution in [2.75, 3.05) is 5.88 Å². The van der Waals surface area contributed by atoms with Crippen LogP contribution in [0.25, 0.3) is 0 Å². The second-order valence-corrected chi connectivity index (χ2v) is 2.16. The van der Waals surface area contributed by atoms with E-state index in [9.17, 15) is 4.79 Å². The number of nitrogens with one attached hydrogen (secondary N) is 1. The predicted octanol–water partition coefficient (Wildman–Crippen LogP) is -0.405. The van der Waals surface area contributed by atoms with Crippen LogP contribution in [0, 0.1) is 0 Å². The number of carbonyl (C=O) groups is 1. The van der Waals surface area contributed by atoms with E-state index in [1.54, 1.807) is 0 Å². The van der Waals surface area contributed by atoms with Gasteiger partial charge in [-0.2, -0.15) is 0 Å². The fourth-order valence-electron chi connectivity index (χ4n) is 0.385. The average Bonchev–Trinajstić information content (AvgIpc) is 2.14. The Morgan fingerprint density at radius 1 is 1.88 bits per heavy atom. The maximum absolute atomic E-state index is 10.4. The van der Waals surface area contributed by atoms with Gasteiger partial charge in [-0.15, -0.1) is 0 Å². The van der Waals surface area contributed by atoms with Crippen molar-refractivity contribution in [2.24, 2.45) is 5.16 Å². The highest BCUT2D eigenvalue weighted by Gasteiger charge is 2.18. The number of thioether (sulfide) groups is 1. The molecule has 0 bridgehead atoms. The second-order valence-electron chi connectivity index (χ2n) is 1.20. The number of oxime groups is 1. The molecule has 0 saturated carbocycles. The van der Waals surface area contributed by atoms with Crippen molar-refractivity contribution in [1.82, 2.24) is 5.32 Å². The summed E-state index contributed by atoms with van der Waals surface area (Å²) >= 11 is 1.19. The summed E-state index contributed by atoms with van der Waals surface area (Å²) in [5.41, 5.74) is 0. The third-order valence-corrected chi connectivity index (χ3v) is 1.56. The summed E-state index contributed by atoms with van der Waals surface area (Å²) in [4.78, 5) is 10.4. The summed E-state index contributed by atoms with van der Waals surface area (Å²) in [6.45, 7) is 0. The van der Waals surface area contributed by atoms with E-state index in [2.05, 4.69) is 10.5 Å². The third-order valence-electron chi connectivity index (χ3n) is 0.727. The first-order valence-electron chi connectivity index (χ1n) is 1.97. The van der Waals surface area contributed by atoms with E-state index in [0.717, 1.165) is 0 Å². The normalized spacial score (nSPS) is 24.0. The minimum Gasteiger partial charge on any atom is -0.410 e. The minimum atomic E-state index is -0.294. The Labute approximate surface area is 49.9 Å². The topological polar surface area (TPSA) is 61.7 Å². The molecule has 0 aliphatic carbocycles. The van der Waals surface area contributed by atoms with Crippen LogP contribution in [0.2, 0.25) is 0 Å². The largest absolute Gasteiger partial charge is 0.410 e. The van der Waals surface area contributed by atoms with Gasteiger partial charge in [0.2, 0.25) is 5.04 Å². The lowest BCUT2D eigenvalue weighted by atomic mass is 10.7. The van der Waals surface area contributed by atoms with Crippen LogP contribution in [0.15, 0.2) is 5.16 Å². The Morgan fingerprint density at radius 3 is 2.88 bits per heavy atom. The maximum atomic E-state index is 10.4. The molecule has 1 fully saturated rings. The van der Waals surface area contributed by atoms with Crippen LogP contribution >= 0.6 is 11.8 Å². The van der Waals surface area contributed by atoms with Gasteiger partial charge in [0.25, 0.3) is 5.91 Å². The van der Waals surface area contributed by atoms with Gasteiger partial charge < -0.3 is 10.5 Å². The zero-order valence-electron chi connectivity index (χ0n) is 3.92. The second kappa shape index (κ2) is 2.04. The van der Waals surface area contributed by atoms with Gasteiger partial charge in [-0.3, -0.25) is 4.79 Å². The van der Waals surface area contributed by atoms with Crippen molar-refractivity contribution in [3.8, 4) is 0 Å². The molecule has 1 amide bonds. The highest BCUT2D eigenvalue weighted by molar-refractivity contribution is 8.16. The van der Waals surface area contributed by atoms with Gasteiger partial charge in [-0.25, -0.2) is 0 Å². The summed E-state index contributed by atoms with van der Waals surface area (Å²) in [5.74, 6) is 0.218. The van der Waals surface area contributed by atoms with Gasteiger partial charge in [0.05, 0.1) is 5.88 Å². The highest BCUT2D eigenvalue weighted by atomic mass is 32.2. The molecule has 8 heavy (non-hydrogen) atoms. The molecule has 4 nitrogen and oxygen atoms in total. The number of amides is 1. The van der Waals surface area contributed by atoms with Crippen molar-refractivity contribution in [3.63, 3.8) is 0 Å². The van der Waals surface area contributed by atoms with Crippen molar-refractivity contribution >= 4 is 22.7 Å². The smallest absolute Gasteiger partial charge is 0.280 e. The molecular formula is C3H4N2O2S. The van der Waals surface area contributed by atoms with Gasteiger partial charge in [0.1, 0.15) is 0 Å². The molecule has 0 unspecified atom stereocenters. The molecule has 44 valence electrons. The van der Waals surface area contributed by atoms with Gasteiger partial charge in [-0.1, -0.05) is 16.9 Å². The molecule has 0 radical (unpaired) electrons. The number of rotatable bonds is 0. The lowest BCUT2D eigenvalue weighted by Crippen LogP contribution is -2.18. The third kappa shape index (κ3) is 0.764. The van der Waals surface area contributed by atoms with Crippen LogP contribution in [0.1, 0.15) is 0 Å². The van der Waals surface area contributed by atoms with Crippen LogP contribution in [-0.4, -0.2) is 22.0 Å². The first-order chi connectivity index (χ1) is 3.84. The van der Waals surface area contributed by atoms with E-state index < -0.39 is 0 Å². The molecule has 1 aliphatic heterocycles.